The Hall–Kier alpha value is -0.560. The summed E-state index contributed by atoms with van der Waals surface area (Å²) in [5.74, 6) is -0.331. The van der Waals surface area contributed by atoms with Gasteiger partial charge in [-0.1, -0.05) is 33.6 Å². The third-order valence-corrected chi connectivity index (χ3v) is 5.64. The molecule has 2 aromatic rings. The van der Waals surface area contributed by atoms with Gasteiger partial charge in [0, 0.05) is 19.5 Å². The molecule has 0 saturated carbocycles. The zero-order valence-corrected chi connectivity index (χ0v) is 15.8. The maximum atomic E-state index is 12.2. The van der Waals surface area contributed by atoms with Crippen LogP contribution >= 0.6 is 54.8 Å². The van der Waals surface area contributed by atoms with Gasteiger partial charge in [-0.3, -0.25) is 0 Å². The molecule has 1 heterocycles. The second-order valence-electron chi connectivity index (χ2n) is 4.11. The Morgan fingerprint density at radius 2 is 2.19 bits per heavy atom. The van der Waals surface area contributed by atoms with E-state index in [4.69, 9.17) is 16.3 Å². The van der Waals surface area contributed by atoms with E-state index in [1.54, 1.807) is 6.92 Å². The van der Waals surface area contributed by atoms with Crippen LogP contribution in [0.3, 0.4) is 0 Å². The normalized spacial score (nSPS) is 12.0. The van der Waals surface area contributed by atoms with Crippen LogP contribution in [0.4, 0.5) is 5.69 Å². The van der Waals surface area contributed by atoms with Crippen LogP contribution < -0.4 is 5.32 Å². The molecular formula is C14H12Br2ClNO2S. The maximum Gasteiger partial charge on any atom is 0.334 e. The lowest BCUT2D eigenvalue weighted by molar-refractivity contribution is -0.144. The molecule has 1 N–H and O–H groups in total. The van der Waals surface area contributed by atoms with E-state index < -0.39 is 6.04 Å². The number of halogens is 3. The monoisotopic (exact) mass is 451 g/mol. The van der Waals surface area contributed by atoms with Crippen LogP contribution in [-0.2, 0) is 9.53 Å². The number of anilines is 1. The standard InChI is InChI=1S/C14H12Br2ClNO2S/c1-2-20-14(19)12(11-7-10(16)13(17)21-11)18-9-5-3-4-8(15)6-9/h3-7,12,18H,2H2,1H3. The number of hydrogen-bond donors (Lipinski definition) is 1. The van der Waals surface area contributed by atoms with Gasteiger partial charge in [-0.25, -0.2) is 4.79 Å². The summed E-state index contributed by atoms with van der Waals surface area (Å²) in [6.07, 6.45) is 0. The maximum absolute atomic E-state index is 12.2. The van der Waals surface area contributed by atoms with Crippen LogP contribution in [0, 0.1) is 0 Å². The average molecular weight is 454 g/mol. The molecule has 0 saturated heterocycles. The first-order valence-corrected chi connectivity index (χ1v) is 8.92. The number of benzene rings is 1. The molecule has 1 aromatic heterocycles. The van der Waals surface area contributed by atoms with E-state index in [2.05, 4.69) is 37.2 Å². The molecule has 1 unspecified atom stereocenters. The van der Waals surface area contributed by atoms with Crippen LogP contribution in [-0.4, -0.2) is 12.6 Å². The van der Waals surface area contributed by atoms with Crippen LogP contribution in [0.2, 0.25) is 4.34 Å². The van der Waals surface area contributed by atoms with Crippen LogP contribution in [0.1, 0.15) is 17.8 Å². The van der Waals surface area contributed by atoms with Gasteiger partial charge in [0.1, 0.15) is 4.34 Å². The molecule has 21 heavy (non-hydrogen) atoms. The number of esters is 1. The Morgan fingerprint density at radius 3 is 2.76 bits per heavy atom. The van der Waals surface area contributed by atoms with E-state index in [0.29, 0.717) is 10.9 Å². The van der Waals surface area contributed by atoms with Crippen LogP contribution in [0.5, 0.6) is 0 Å². The van der Waals surface area contributed by atoms with E-state index in [9.17, 15) is 4.79 Å². The molecule has 0 fully saturated rings. The van der Waals surface area contributed by atoms with Gasteiger partial charge in [-0.2, -0.15) is 0 Å². The van der Waals surface area contributed by atoms with Gasteiger partial charge in [0.05, 0.1) is 6.61 Å². The fourth-order valence-electron chi connectivity index (χ4n) is 1.72. The predicted molar refractivity (Wildman–Crippen MR) is 94.2 cm³/mol. The van der Waals surface area contributed by atoms with E-state index in [1.165, 1.54) is 11.3 Å². The summed E-state index contributed by atoms with van der Waals surface area (Å²) in [5, 5.41) is 3.19. The van der Waals surface area contributed by atoms with Crippen molar-refractivity contribution in [1.29, 1.82) is 0 Å². The summed E-state index contributed by atoms with van der Waals surface area (Å²) in [6, 6.07) is 8.85. The number of thiophene rings is 1. The lowest BCUT2D eigenvalue weighted by Gasteiger charge is -2.17. The van der Waals surface area contributed by atoms with E-state index in [0.717, 1.165) is 19.5 Å². The van der Waals surface area contributed by atoms with Crippen molar-refractivity contribution in [2.45, 2.75) is 13.0 Å². The Bertz CT molecular complexity index is 628. The summed E-state index contributed by atoms with van der Waals surface area (Å²) in [5.41, 5.74) is 0.822. The van der Waals surface area contributed by atoms with Crippen molar-refractivity contribution in [1.82, 2.24) is 0 Å². The highest BCUT2D eigenvalue weighted by Crippen LogP contribution is 2.37. The molecule has 2 rings (SSSR count). The van der Waals surface area contributed by atoms with Gasteiger partial charge in [0.25, 0.3) is 0 Å². The number of ether oxygens (including phenoxy) is 1. The number of carbonyl (C=O) groups is 1. The van der Waals surface area contributed by atoms with Crippen LogP contribution in [0.25, 0.3) is 0 Å². The summed E-state index contributed by atoms with van der Waals surface area (Å²) in [6.45, 7) is 2.11. The second-order valence-corrected chi connectivity index (χ2v) is 7.57. The Labute approximate surface area is 148 Å². The molecule has 0 spiro atoms. The third kappa shape index (κ3) is 4.45. The minimum atomic E-state index is -0.590. The first kappa shape index (κ1) is 16.8. The zero-order valence-electron chi connectivity index (χ0n) is 11.0. The Morgan fingerprint density at radius 1 is 1.43 bits per heavy atom. The minimum Gasteiger partial charge on any atom is -0.464 e. The van der Waals surface area contributed by atoms with Crippen molar-refractivity contribution in [3.8, 4) is 0 Å². The summed E-state index contributed by atoms with van der Waals surface area (Å²) in [7, 11) is 0. The number of hydrogen-bond acceptors (Lipinski definition) is 4. The second kappa shape index (κ2) is 7.63. The third-order valence-electron chi connectivity index (χ3n) is 2.61. The topological polar surface area (TPSA) is 38.3 Å². The fraction of sp³-hybridized carbons (Fsp3) is 0.214. The molecule has 0 radical (unpaired) electrons. The van der Waals surface area contributed by atoms with Crippen molar-refractivity contribution < 1.29 is 9.53 Å². The SMILES string of the molecule is CCOC(=O)C(Nc1cccc(Br)c1)c1cc(Br)c(Cl)s1. The first-order valence-electron chi connectivity index (χ1n) is 6.14. The quantitative estimate of drug-likeness (QED) is 0.595. The smallest absolute Gasteiger partial charge is 0.334 e. The van der Waals surface area contributed by atoms with Crippen molar-refractivity contribution in [2.24, 2.45) is 0 Å². The molecule has 3 nitrogen and oxygen atoms in total. The zero-order chi connectivity index (χ0) is 15.4. The van der Waals surface area contributed by atoms with Gasteiger partial charge in [0.2, 0.25) is 0 Å². The van der Waals surface area contributed by atoms with Crippen LogP contribution in [0.15, 0.2) is 39.3 Å². The van der Waals surface area contributed by atoms with E-state index >= 15 is 0 Å². The molecule has 0 bridgehead atoms. The van der Waals surface area contributed by atoms with Gasteiger partial charge in [-0.15, -0.1) is 11.3 Å². The molecule has 0 amide bonds. The highest BCUT2D eigenvalue weighted by molar-refractivity contribution is 9.10. The summed E-state index contributed by atoms with van der Waals surface area (Å²) >= 11 is 14.2. The van der Waals surface area contributed by atoms with Gasteiger partial charge in [0.15, 0.2) is 6.04 Å². The van der Waals surface area contributed by atoms with Crippen molar-refractivity contribution >= 4 is 66.5 Å². The highest BCUT2D eigenvalue weighted by Gasteiger charge is 2.25. The lowest BCUT2D eigenvalue weighted by atomic mass is 10.2. The molecule has 1 aromatic carbocycles. The predicted octanol–water partition coefficient (Wildman–Crippen LogP) is 5.64. The fourth-order valence-corrected chi connectivity index (χ4v) is 3.90. The average Bonchev–Trinajstić information content (AvgIpc) is 2.76. The highest BCUT2D eigenvalue weighted by atomic mass is 79.9. The molecule has 1 atom stereocenters. The largest absolute Gasteiger partial charge is 0.464 e. The number of nitrogens with one attached hydrogen (secondary N) is 1. The van der Waals surface area contributed by atoms with Gasteiger partial charge < -0.3 is 10.1 Å². The van der Waals surface area contributed by atoms with Gasteiger partial charge >= 0.3 is 5.97 Å². The molecule has 7 heteroatoms. The molecule has 112 valence electrons. The Balaban J connectivity index is 2.30. The van der Waals surface area contributed by atoms with Crippen molar-refractivity contribution in [3.63, 3.8) is 0 Å². The van der Waals surface area contributed by atoms with Crippen molar-refractivity contribution in [2.75, 3.05) is 11.9 Å². The summed E-state index contributed by atoms with van der Waals surface area (Å²) < 4.78 is 7.46. The summed E-state index contributed by atoms with van der Waals surface area (Å²) in [4.78, 5) is 13.0. The molecule has 0 aliphatic heterocycles. The Kier molecular flexibility index (Phi) is 6.10. The van der Waals surface area contributed by atoms with Crippen molar-refractivity contribution in [3.05, 3.63) is 48.5 Å². The molecule has 0 aliphatic rings. The number of rotatable bonds is 5. The van der Waals surface area contributed by atoms with Gasteiger partial charge in [-0.05, 0) is 47.1 Å². The first-order chi connectivity index (χ1) is 10.0. The number of carbonyl (C=O) groups excluding carboxylic acids is 1. The minimum absolute atomic E-state index is 0.329. The molecule has 0 aliphatic carbocycles. The lowest BCUT2D eigenvalue weighted by Crippen LogP contribution is -2.22. The van der Waals surface area contributed by atoms with E-state index in [1.807, 2.05) is 30.3 Å². The van der Waals surface area contributed by atoms with E-state index in [-0.39, 0.29) is 5.97 Å². The molecular weight excluding hydrogens is 441 g/mol.